The van der Waals surface area contributed by atoms with Gasteiger partial charge in [-0.25, -0.2) is 0 Å². The van der Waals surface area contributed by atoms with E-state index in [1.807, 2.05) is 24.3 Å². The van der Waals surface area contributed by atoms with Gasteiger partial charge in [-0.3, -0.25) is 4.79 Å². The molecule has 1 aliphatic rings. The van der Waals surface area contributed by atoms with Gasteiger partial charge in [0, 0.05) is 30.3 Å². The molecule has 0 atom stereocenters. The summed E-state index contributed by atoms with van der Waals surface area (Å²) in [6.45, 7) is 6.82. The normalized spacial score (nSPS) is 13.8. The van der Waals surface area contributed by atoms with Crippen LogP contribution in [0.2, 0.25) is 0 Å². The molecule has 0 fully saturated rings. The molecule has 0 radical (unpaired) electrons. The van der Waals surface area contributed by atoms with E-state index in [0.29, 0.717) is 19.8 Å². The average Bonchev–Trinajstić information content (AvgIpc) is 2.56. The Balaban J connectivity index is 1.67. The smallest absolute Gasteiger partial charge is 0.252 e. The molecule has 122 valence electrons. The Kier molecular flexibility index (Phi) is 4.39. The van der Waals surface area contributed by atoms with Crippen LogP contribution in [0.4, 0.5) is 0 Å². The number of rotatable bonds is 5. The molecule has 0 saturated carbocycles. The quantitative estimate of drug-likeness (QED) is 0.888. The highest BCUT2D eigenvalue weighted by Gasteiger charge is 2.23. The highest BCUT2D eigenvalue weighted by Crippen LogP contribution is 2.34. The van der Waals surface area contributed by atoms with E-state index in [4.69, 9.17) is 9.47 Å². The number of ether oxygens (including phenoxy) is 2. The second-order valence-corrected chi connectivity index (χ2v) is 6.37. The van der Waals surface area contributed by atoms with Crippen LogP contribution >= 0.6 is 0 Å². The fourth-order valence-electron chi connectivity index (χ4n) is 2.67. The maximum Gasteiger partial charge on any atom is 0.252 e. The summed E-state index contributed by atoms with van der Waals surface area (Å²) in [5.41, 5.74) is 1.79. The van der Waals surface area contributed by atoms with E-state index in [0.717, 1.165) is 23.6 Å². The highest BCUT2D eigenvalue weighted by atomic mass is 16.6. The number of aromatic amines is 1. The van der Waals surface area contributed by atoms with Gasteiger partial charge in [-0.05, 0) is 23.8 Å². The maximum absolute atomic E-state index is 11.7. The van der Waals surface area contributed by atoms with Crippen LogP contribution in [-0.4, -0.2) is 24.7 Å². The Morgan fingerprint density at radius 2 is 1.96 bits per heavy atom. The predicted octanol–water partition coefficient (Wildman–Crippen LogP) is 2.21. The maximum atomic E-state index is 11.7. The summed E-state index contributed by atoms with van der Waals surface area (Å²) < 4.78 is 11.2. The number of nitrogens with one attached hydrogen (secondary N) is 2. The van der Waals surface area contributed by atoms with E-state index < -0.39 is 0 Å². The first-order valence-electron chi connectivity index (χ1n) is 7.84. The number of H-pyrrole nitrogens is 1. The van der Waals surface area contributed by atoms with E-state index in [1.165, 1.54) is 5.56 Å². The van der Waals surface area contributed by atoms with Gasteiger partial charge in [0.1, 0.15) is 13.2 Å². The molecule has 0 amide bonds. The summed E-state index contributed by atoms with van der Waals surface area (Å²) in [4.78, 5) is 14.4. The second-order valence-electron chi connectivity index (χ2n) is 6.37. The molecule has 23 heavy (non-hydrogen) atoms. The van der Waals surface area contributed by atoms with Crippen molar-refractivity contribution in [2.75, 3.05) is 19.8 Å². The first kappa shape index (κ1) is 15.6. The van der Waals surface area contributed by atoms with Gasteiger partial charge in [0.2, 0.25) is 0 Å². The minimum atomic E-state index is -0.0859. The molecule has 5 nitrogen and oxygen atoms in total. The van der Waals surface area contributed by atoms with Crippen LogP contribution in [0.15, 0.2) is 41.3 Å². The summed E-state index contributed by atoms with van der Waals surface area (Å²) in [5, 5.41) is 3.37. The SMILES string of the molecule is CC(C)(CNCc1ccc[nH]c1=O)c1ccc2c(c1)OCCO2. The standard InChI is InChI=1S/C18H22N2O3/c1-18(2,12-19-11-13-4-3-7-20-17(13)21)14-5-6-15-16(10-14)23-9-8-22-15/h3-7,10,19H,8-9,11-12H2,1-2H3,(H,20,21). The summed E-state index contributed by atoms with van der Waals surface area (Å²) in [6.07, 6.45) is 1.64. The molecule has 2 aromatic rings. The van der Waals surface area contributed by atoms with Crippen LogP contribution in [0, 0.1) is 0 Å². The Morgan fingerprint density at radius 3 is 2.74 bits per heavy atom. The van der Waals surface area contributed by atoms with Gasteiger partial charge in [-0.1, -0.05) is 26.0 Å². The zero-order chi connectivity index (χ0) is 16.3. The third-order valence-electron chi connectivity index (χ3n) is 4.11. The Hall–Kier alpha value is -2.27. The number of fused-ring (bicyclic) bond motifs is 1. The van der Waals surface area contributed by atoms with Crippen LogP contribution in [0.25, 0.3) is 0 Å². The highest BCUT2D eigenvalue weighted by molar-refractivity contribution is 5.45. The minimum Gasteiger partial charge on any atom is -0.486 e. The zero-order valence-corrected chi connectivity index (χ0v) is 13.5. The van der Waals surface area contributed by atoms with Crippen LogP contribution in [0.1, 0.15) is 25.0 Å². The predicted molar refractivity (Wildman–Crippen MR) is 89.2 cm³/mol. The van der Waals surface area contributed by atoms with Crippen molar-refractivity contribution in [3.8, 4) is 11.5 Å². The molecular formula is C18H22N2O3. The summed E-state index contributed by atoms with van der Waals surface area (Å²) in [5.74, 6) is 1.61. The van der Waals surface area contributed by atoms with Gasteiger partial charge in [0.25, 0.3) is 5.56 Å². The van der Waals surface area contributed by atoms with Crippen molar-refractivity contribution in [1.82, 2.24) is 10.3 Å². The van der Waals surface area contributed by atoms with Crippen molar-refractivity contribution in [1.29, 1.82) is 0 Å². The molecule has 0 bridgehead atoms. The van der Waals surface area contributed by atoms with Crippen molar-refractivity contribution in [2.45, 2.75) is 25.8 Å². The van der Waals surface area contributed by atoms with Gasteiger partial charge in [0.05, 0.1) is 0 Å². The molecule has 0 aliphatic carbocycles. The van der Waals surface area contributed by atoms with E-state index in [1.54, 1.807) is 6.20 Å². The first-order chi connectivity index (χ1) is 11.1. The molecule has 2 heterocycles. The lowest BCUT2D eigenvalue weighted by Gasteiger charge is -2.28. The molecule has 0 saturated heterocycles. The summed E-state index contributed by atoms with van der Waals surface area (Å²) in [7, 11) is 0. The van der Waals surface area contributed by atoms with Crippen molar-refractivity contribution in [3.05, 3.63) is 58.0 Å². The van der Waals surface area contributed by atoms with Crippen LogP contribution in [-0.2, 0) is 12.0 Å². The number of hydrogen-bond acceptors (Lipinski definition) is 4. The van der Waals surface area contributed by atoms with Gasteiger partial charge in [-0.15, -0.1) is 0 Å². The largest absolute Gasteiger partial charge is 0.486 e. The van der Waals surface area contributed by atoms with Crippen molar-refractivity contribution >= 4 is 0 Å². The van der Waals surface area contributed by atoms with Crippen molar-refractivity contribution in [3.63, 3.8) is 0 Å². The topological polar surface area (TPSA) is 63.4 Å². The van der Waals surface area contributed by atoms with E-state index >= 15 is 0 Å². The summed E-state index contributed by atoms with van der Waals surface area (Å²) in [6, 6.07) is 9.76. The zero-order valence-electron chi connectivity index (χ0n) is 13.5. The Bertz CT molecular complexity index is 737. The van der Waals surface area contributed by atoms with Gasteiger partial charge in [-0.2, -0.15) is 0 Å². The van der Waals surface area contributed by atoms with Gasteiger partial charge >= 0.3 is 0 Å². The fourth-order valence-corrected chi connectivity index (χ4v) is 2.67. The second kappa shape index (κ2) is 6.46. The van der Waals surface area contributed by atoms with Gasteiger partial charge < -0.3 is 19.8 Å². The Morgan fingerprint density at radius 1 is 1.17 bits per heavy atom. The van der Waals surface area contributed by atoms with Crippen molar-refractivity contribution in [2.24, 2.45) is 0 Å². The molecule has 1 aromatic heterocycles. The molecule has 1 aliphatic heterocycles. The monoisotopic (exact) mass is 314 g/mol. The molecule has 0 unspecified atom stereocenters. The van der Waals surface area contributed by atoms with E-state index in [-0.39, 0.29) is 11.0 Å². The van der Waals surface area contributed by atoms with Gasteiger partial charge in [0.15, 0.2) is 11.5 Å². The Labute approximate surface area is 135 Å². The average molecular weight is 314 g/mol. The lowest BCUT2D eigenvalue weighted by atomic mass is 9.84. The first-order valence-corrected chi connectivity index (χ1v) is 7.84. The lowest BCUT2D eigenvalue weighted by Crippen LogP contribution is -2.34. The number of benzene rings is 1. The number of hydrogen-bond donors (Lipinski definition) is 2. The van der Waals surface area contributed by atoms with Crippen molar-refractivity contribution < 1.29 is 9.47 Å². The molecule has 3 rings (SSSR count). The molecule has 0 spiro atoms. The van der Waals surface area contributed by atoms with Crippen LogP contribution in [0.3, 0.4) is 0 Å². The van der Waals surface area contributed by atoms with Crippen LogP contribution < -0.4 is 20.3 Å². The minimum absolute atomic E-state index is 0.0443. The summed E-state index contributed by atoms with van der Waals surface area (Å²) >= 11 is 0. The third kappa shape index (κ3) is 3.56. The van der Waals surface area contributed by atoms with E-state index in [2.05, 4.69) is 30.2 Å². The number of pyridine rings is 1. The lowest BCUT2D eigenvalue weighted by molar-refractivity contribution is 0.171. The third-order valence-corrected chi connectivity index (χ3v) is 4.11. The number of aromatic nitrogens is 1. The molecule has 5 heteroatoms. The van der Waals surface area contributed by atoms with E-state index in [9.17, 15) is 4.79 Å². The van der Waals surface area contributed by atoms with Crippen LogP contribution in [0.5, 0.6) is 11.5 Å². The fraction of sp³-hybridized carbons (Fsp3) is 0.389. The molecule has 2 N–H and O–H groups in total. The molecule has 1 aromatic carbocycles. The molecular weight excluding hydrogens is 292 g/mol.